The van der Waals surface area contributed by atoms with E-state index < -0.39 is 5.82 Å². The molecule has 0 aliphatic heterocycles. The first-order chi connectivity index (χ1) is 5.15. The van der Waals surface area contributed by atoms with E-state index in [-0.39, 0.29) is 16.3 Å². The fourth-order valence-electron chi connectivity index (χ4n) is 0.680. The Morgan fingerprint density at radius 3 is 2.73 bits per heavy atom. The Balaban J connectivity index is 3.31. The van der Waals surface area contributed by atoms with Gasteiger partial charge in [0.15, 0.2) is 6.29 Å². The van der Waals surface area contributed by atoms with Crippen LogP contribution in [-0.2, 0) is 0 Å². The van der Waals surface area contributed by atoms with E-state index >= 15 is 0 Å². The average Bonchev–Trinajstić information content (AvgIpc) is 1.97. The zero-order chi connectivity index (χ0) is 8.43. The second-order valence-corrected chi connectivity index (χ2v) is 2.42. The van der Waals surface area contributed by atoms with Gasteiger partial charge in [-0.15, -0.1) is 0 Å². The first-order valence-corrected chi connectivity index (χ1v) is 3.22. The predicted molar refractivity (Wildman–Crippen MR) is 41.2 cm³/mol. The van der Waals surface area contributed by atoms with Crippen LogP contribution in [0.15, 0.2) is 12.1 Å². The van der Waals surface area contributed by atoms with E-state index in [2.05, 4.69) is 0 Å². The third-order valence-corrected chi connectivity index (χ3v) is 1.54. The van der Waals surface area contributed by atoms with Crippen molar-refractivity contribution in [3.05, 3.63) is 28.5 Å². The van der Waals surface area contributed by atoms with Gasteiger partial charge in [-0.3, -0.25) is 4.79 Å². The number of anilines is 1. The fraction of sp³-hybridized carbons (Fsp3) is 0. The highest BCUT2D eigenvalue weighted by molar-refractivity contribution is 6.31. The van der Waals surface area contributed by atoms with Crippen LogP contribution in [0.25, 0.3) is 0 Å². The number of hydrogen-bond donors (Lipinski definition) is 1. The van der Waals surface area contributed by atoms with Crippen molar-refractivity contribution in [1.29, 1.82) is 0 Å². The number of carbonyl (C=O) groups is 1. The average molecular weight is 174 g/mol. The lowest BCUT2D eigenvalue weighted by Gasteiger charge is -1.98. The lowest BCUT2D eigenvalue weighted by molar-refractivity contribution is 0.112. The molecular formula is C7H5ClFNO. The fourth-order valence-corrected chi connectivity index (χ4v) is 0.852. The summed E-state index contributed by atoms with van der Waals surface area (Å²) in [7, 11) is 0. The molecule has 58 valence electrons. The second-order valence-electron chi connectivity index (χ2n) is 2.01. The molecule has 0 unspecified atom stereocenters. The standard InChI is InChI=1S/C7H5ClFNO/c8-5-1-4(3-11)7(10)2-6(5)9/h1-3H,10H2. The number of hydrogen-bond acceptors (Lipinski definition) is 2. The minimum atomic E-state index is -0.616. The molecule has 0 saturated heterocycles. The molecule has 0 saturated carbocycles. The van der Waals surface area contributed by atoms with Crippen LogP contribution in [0.4, 0.5) is 10.1 Å². The van der Waals surface area contributed by atoms with E-state index in [1.54, 1.807) is 0 Å². The summed E-state index contributed by atoms with van der Waals surface area (Å²) in [4.78, 5) is 10.2. The van der Waals surface area contributed by atoms with Crippen molar-refractivity contribution in [3.8, 4) is 0 Å². The van der Waals surface area contributed by atoms with E-state index in [0.29, 0.717) is 6.29 Å². The Morgan fingerprint density at radius 1 is 1.55 bits per heavy atom. The Labute approximate surface area is 67.8 Å². The highest BCUT2D eigenvalue weighted by Gasteiger charge is 2.04. The van der Waals surface area contributed by atoms with Gasteiger partial charge in [0.2, 0.25) is 0 Å². The summed E-state index contributed by atoms with van der Waals surface area (Å²) >= 11 is 5.38. The molecule has 1 aromatic carbocycles. The molecule has 4 heteroatoms. The number of aldehydes is 1. The van der Waals surface area contributed by atoms with Gasteiger partial charge in [0.1, 0.15) is 5.82 Å². The van der Waals surface area contributed by atoms with Gasteiger partial charge in [-0.2, -0.15) is 0 Å². The molecule has 0 amide bonds. The van der Waals surface area contributed by atoms with Crippen molar-refractivity contribution in [1.82, 2.24) is 0 Å². The molecule has 0 aliphatic carbocycles. The van der Waals surface area contributed by atoms with Crippen LogP contribution in [0.3, 0.4) is 0 Å². The zero-order valence-corrected chi connectivity index (χ0v) is 6.23. The molecule has 11 heavy (non-hydrogen) atoms. The van der Waals surface area contributed by atoms with Gasteiger partial charge in [-0.25, -0.2) is 4.39 Å². The molecule has 0 fully saturated rings. The van der Waals surface area contributed by atoms with Crippen molar-refractivity contribution in [2.45, 2.75) is 0 Å². The van der Waals surface area contributed by atoms with Crippen LogP contribution in [-0.4, -0.2) is 6.29 Å². The Kier molecular flexibility index (Phi) is 2.10. The van der Waals surface area contributed by atoms with Crippen molar-refractivity contribution in [2.75, 3.05) is 5.73 Å². The maximum Gasteiger partial charge on any atom is 0.152 e. The van der Waals surface area contributed by atoms with Crippen molar-refractivity contribution in [3.63, 3.8) is 0 Å². The first kappa shape index (κ1) is 8.01. The molecule has 1 aromatic rings. The smallest absolute Gasteiger partial charge is 0.152 e. The van der Waals surface area contributed by atoms with Crippen LogP contribution in [0, 0.1) is 5.82 Å². The molecule has 2 nitrogen and oxygen atoms in total. The van der Waals surface area contributed by atoms with Gasteiger partial charge >= 0.3 is 0 Å². The minimum Gasteiger partial charge on any atom is -0.398 e. The molecule has 0 atom stereocenters. The van der Waals surface area contributed by atoms with E-state index in [1.807, 2.05) is 0 Å². The van der Waals surface area contributed by atoms with E-state index in [1.165, 1.54) is 6.07 Å². The summed E-state index contributed by atoms with van der Waals surface area (Å²) in [6.45, 7) is 0. The summed E-state index contributed by atoms with van der Waals surface area (Å²) in [5, 5.41) is -0.0960. The minimum absolute atomic E-state index is 0.0960. The van der Waals surface area contributed by atoms with Gasteiger partial charge < -0.3 is 5.73 Å². The van der Waals surface area contributed by atoms with Crippen LogP contribution < -0.4 is 5.73 Å². The number of nitrogen functional groups attached to an aromatic ring is 1. The molecule has 0 spiro atoms. The summed E-state index contributed by atoms with van der Waals surface area (Å²) in [5.74, 6) is -0.616. The number of nitrogens with two attached hydrogens (primary N) is 1. The molecule has 0 aliphatic rings. The molecule has 1 rings (SSSR count). The number of halogens is 2. The summed E-state index contributed by atoms with van der Waals surface area (Å²) in [6, 6.07) is 2.21. The predicted octanol–water partition coefficient (Wildman–Crippen LogP) is 1.87. The third kappa shape index (κ3) is 1.49. The van der Waals surface area contributed by atoms with Gasteiger partial charge in [0.05, 0.1) is 5.02 Å². The topological polar surface area (TPSA) is 43.1 Å². The van der Waals surface area contributed by atoms with E-state index in [9.17, 15) is 9.18 Å². The van der Waals surface area contributed by atoms with Crippen LogP contribution in [0.5, 0.6) is 0 Å². The van der Waals surface area contributed by atoms with Crippen molar-refractivity contribution in [2.24, 2.45) is 0 Å². The SMILES string of the molecule is Nc1cc(F)c(Cl)cc1C=O. The lowest BCUT2D eigenvalue weighted by Crippen LogP contribution is -1.94. The van der Waals surface area contributed by atoms with Crippen LogP contribution >= 0.6 is 11.6 Å². The summed E-state index contributed by atoms with van der Waals surface area (Å²) < 4.78 is 12.6. The van der Waals surface area contributed by atoms with Crippen LogP contribution in [0.2, 0.25) is 5.02 Å². The summed E-state index contributed by atoms with van der Waals surface area (Å²) in [6.07, 6.45) is 0.528. The molecule has 2 N–H and O–H groups in total. The normalized spacial score (nSPS) is 9.64. The third-order valence-electron chi connectivity index (χ3n) is 1.25. The Morgan fingerprint density at radius 2 is 2.18 bits per heavy atom. The highest BCUT2D eigenvalue weighted by Crippen LogP contribution is 2.20. The quantitative estimate of drug-likeness (QED) is 0.521. The molecule has 0 radical (unpaired) electrons. The lowest BCUT2D eigenvalue weighted by atomic mass is 10.2. The highest BCUT2D eigenvalue weighted by atomic mass is 35.5. The van der Waals surface area contributed by atoms with Gasteiger partial charge in [0, 0.05) is 11.3 Å². The van der Waals surface area contributed by atoms with Gasteiger partial charge in [0.25, 0.3) is 0 Å². The van der Waals surface area contributed by atoms with E-state index in [0.717, 1.165) is 6.07 Å². The summed E-state index contributed by atoms with van der Waals surface area (Å²) in [5.41, 5.74) is 5.57. The van der Waals surface area contributed by atoms with E-state index in [4.69, 9.17) is 17.3 Å². The molecule has 0 bridgehead atoms. The van der Waals surface area contributed by atoms with Gasteiger partial charge in [-0.1, -0.05) is 11.6 Å². The van der Waals surface area contributed by atoms with Crippen molar-refractivity contribution >= 4 is 23.6 Å². The van der Waals surface area contributed by atoms with Crippen molar-refractivity contribution < 1.29 is 9.18 Å². The first-order valence-electron chi connectivity index (χ1n) is 2.85. The second kappa shape index (κ2) is 2.88. The largest absolute Gasteiger partial charge is 0.398 e. The monoisotopic (exact) mass is 173 g/mol. The molecular weight excluding hydrogens is 169 g/mol. The number of carbonyl (C=O) groups excluding carboxylic acids is 1. The van der Waals surface area contributed by atoms with Gasteiger partial charge in [-0.05, 0) is 12.1 Å². The maximum atomic E-state index is 12.6. The zero-order valence-electron chi connectivity index (χ0n) is 5.47. The Hall–Kier alpha value is -1.09. The Bertz CT molecular complexity index is 301. The number of rotatable bonds is 1. The van der Waals surface area contributed by atoms with Crippen LogP contribution in [0.1, 0.15) is 10.4 Å². The number of benzene rings is 1. The maximum absolute atomic E-state index is 12.6. The molecule has 0 aromatic heterocycles. The molecule has 0 heterocycles.